The minimum absolute atomic E-state index is 0.0851. The van der Waals surface area contributed by atoms with Gasteiger partial charge in [0, 0.05) is 5.39 Å². The van der Waals surface area contributed by atoms with Gasteiger partial charge in [-0.2, -0.15) is 0 Å². The standard InChI is InChI=1S/C15H12N2O2/c18-13-8-16-15(19)17(13)12-7-6-10-5-4-9-2-1-3-11(12)14(9)10/h1-3,6-7H,4-5,8H2,(H,16,19). The third-order valence-electron chi connectivity index (χ3n) is 3.94. The zero-order valence-electron chi connectivity index (χ0n) is 10.3. The molecule has 2 aromatic rings. The van der Waals surface area contributed by atoms with E-state index in [1.54, 1.807) is 0 Å². The average Bonchev–Trinajstić information content (AvgIpc) is 2.98. The predicted octanol–water partition coefficient (Wildman–Crippen LogP) is 1.99. The van der Waals surface area contributed by atoms with E-state index in [0.29, 0.717) is 5.69 Å². The summed E-state index contributed by atoms with van der Waals surface area (Å²) >= 11 is 0. The van der Waals surface area contributed by atoms with Crippen molar-refractivity contribution in [2.24, 2.45) is 0 Å². The van der Waals surface area contributed by atoms with Crippen molar-refractivity contribution in [1.82, 2.24) is 5.32 Å². The summed E-state index contributed by atoms with van der Waals surface area (Å²) in [6.45, 7) is 0.0851. The average molecular weight is 252 g/mol. The molecule has 1 heterocycles. The van der Waals surface area contributed by atoms with Crippen LogP contribution < -0.4 is 10.2 Å². The summed E-state index contributed by atoms with van der Waals surface area (Å²) in [5.74, 6) is -0.191. The van der Waals surface area contributed by atoms with Crippen LogP contribution in [0, 0.1) is 0 Å². The number of hydrogen-bond donors (Lipinski definition) is 1. The van der Waals surface area contributed by atoms with E-state index in [-0.39, 0.29) is 18.5 Å². The van der Waals surface area contributed by atoms with Crippen molar-refractivity contribution in [3.63, 3.8) is 0 Å². The number of carbonyl (C=O) groups is 2. The molecule has 0 atom stereocenters. The first kappa shape index (κ1) is 10.6. The smallest absolute Gasteiger partial charge is 0.328 e. The lowest BCUT2D eigenvalue weighted by Crippen LogP contribution is -2.30. The summed E-state index contributed by atoms with van der Waals surface area (Å²) in [5.41, 5.74) is 3.31. The van der Waals surface area contributed by atoms with Gasteiger partial charge in [-0.25, -0.2) is 9.69 Å². The number of urea groups is 1. The predicted molar refractivity (Wildman–Crippen MR) is 72.2 cm³/mol. The summed E-state index contributed by atoms with van der Waals surface area (Å²) in [5, 5.41) is 4.78. The lowest BCUT2D eigenvalue weighted by molar-refractivity contribution is -0.115. The highest BCUT2D eigenvalue weighted by Crippen LogP contribution is 2.37. The molecule has 1 fully saturated rings. The van der Waals surface area contributed by atoms with Gasteiger partial charge < -0.3 is 5.32 Å². The maximum Gasteiger partial charge on any atom is 0.329 e. The lowest BCUT2D eigenvalue weighted by atomic mass is 10.0. The molecule has 2 aliphatic rings. The van der Waals surface area contributed by atoms with E-state index >= 15 is 0 Å². The minimum Gasteiger partial charge on any atom is -0.328 e. The molecule has 1 saturated heterocycles. The Morgan fingerprint density at radius 2 is 1.79 bits per heavy atom. The quantitative estimate of drug-likeness (QED) is 0.789. The summed E-state index contributed by atoms with van der Waals surface area (Å²) < 4.78 is 0. The van der Waals surface area contributed by atoms with Gasteiger partial charge in [0.2, 0.25) is 0 Å². The molecule has 2 aromatic carbocycles. The SMILES string of the molecule is O=C1CNC(=O)N1c1ccc2c3c(cccc13)CC2. The van der Waals surface area contributed by atoms with Crippen LogP contribution in [0.15, 0.2) is 30.3 Å². The van der Waals surface area contributed by atoms with Crippen LogP contribution in [0.4, 0.5) is 10.5 Å². The normalized spacial score (nSPS) is 17.4. The van der Waals surface area contributed by atoms with Crippen molar-refractivity contribution in [3.8, 4) is 0 Å². The molecule has 94 valence electrons. The van der Waals surface area contributed by atoms with E-state index in [1.807, 2.05) is 24.3 Å². The fraction of sp³-hybridized carbons (Fsp3) is 0.200. The molecule has 3 amide bonds. The first-order valence-corrected chi connectivity index (χ1v) is 6.40. The van der Waals surface area contributed by atoms with Crippen molar-refractivity contribution in [1.29, 1.82) is 0 Å². The number of carbonyl (C=O) groups excluding carboxylic acids is 2. The van der Waals surface area contributed by atoms with Gasteiger partial charge in [-0.3, -0.25) is 4.79 Å². The summed E-state index contributed by atoms with van der Waals surface area (Å²) in [4.78, 5) is 24.9. The van der Waals surface area contributed by atoms with Gasteiger partial charge in [0.05, 0.1) is 12.2 Å². The van der Waals surface area contributed by atoms with Crippen LogP contribution in [0.1, 0.15) is 11.1 Å². The van der Waals surface area contributed by atoms with Gasteiger partial charge in [-0.15, -0.1) is 0 Å². The molecule has 1 aliphatic carbocycles. The van der Waals surface area contributed by atoms with Gasteiger partial charge in [0.15, 0.2) is 0 Å². The fourth-order valence-electron chi connectivity index (χ4n) is 3.09. The maximum atomic E-state index is 11.9. The molecule has 0 aromatic heterocycles. The van der Waals surface area contributed by atoms with E-state index in [4.69, 9.17) is 0 Å². The van der Waals surface area contributed by atoms with Crippen molar-refractivity contribution in [2.75, 3.05) is 11.4 Å². The molecule has 0 bridgehead atoms. The second-order valence-corrected chi connectivity index (χ2v) is 4.97. The molecule has 1 aliphatic heterocycles. The van der Waals surface area contributed by atoms with Gasteiger partial charge in [-0.05, 0) is 35.4 Å². The number of anilines is 1. The van der Waals surface area contributed by atoms with Gasteiger partial charge in [0.25, 0.3) is 5.91 Å². The highest BCUT2D eigenvalue weighted by atomic mass is 16.2. The second-order valence-electron chi connectivity index (χ2n) is 4.97. The van der Waals surface area contributed by atoms with Crippen molar-refractivity contribution in [2.45, 2.75) is 12.8 Å². The van der Waals surface area contributed by atoms with E-state index in [9.17, 15) is 9.59 Å². The molecule has 4 rings (SSSR count). The number of amides is 3. The third-order valence-corrected chi connectivity index (χ3v) is 3.94. The Morgan fingerprint density at radius 3 is 2.53 bits per heavy atom. The van der Waals surface area contributed by atoms with Crippen molar-refractivity contribution >= 4 is 28.4 Å². The van der Waals surface area contributed by atoms with Gasteiger partial charge in [-0.1, -0.05) is 24.3 Å². The third kappa shape index (κ3) is 1.34. The summed E-state index contributed by atoms with van der Waals surface area (Å²) in [6, 6.07) is 9.69. The first-order valence-electron chi connectivity index (χ1n) is 6.40. The Hall–Kier alpha value is -2.36. The monoisotopic (exact) mass is 252 g/mol. The molecule has 0 radical (unpaired) electrons. The summed E-state index contributed by atoms with van der Waals surface area (Å²) in [7, 11) is 0. The number of nitrogens with zero attached hydrogens (tertiary/aromatic N) is 1. The Morgan fingerprint density at radius 1 is 1.00 bits per heavy atom. The van der Waals surface area contributed by atoms with Crippen molar-refractivity contribution < 1.29 is 9.59 Å². The van der Waals surface area contributed by atoms with Crippen LogP contribution in [0.3, 0.4) is 0 Å². The zero-order chi connectivity index (χ0) is 13.0. The van der Waals surface area contributed by atoms with E-state index in [0.717, 1.165) is 18.2 Å². The molecule has 0 saturated carbocycles. The Kier molecular flexibility index (Phi) is 1.98. The number of imide groups is 1. The molecule has 19 heavy (non-hydrogen) atoms. The van der Waals surface area contributed by atoms with E-state index in [2.05, 4.69) is 11.4 Å². The number of nitrogens with one attached hydrogen (secondary N) is 1. The van der Waals surface area contributed by atoms with Crippen molar-refractivity contribution in [3.05, 3.63) is 41.5 Å². The Balaban J connectivity index is 2.02. The molecule has 4 nitrogen and oxygen atoms in total. The molecule has 1 N–H and O–H groups in total. The molecule has 0 spiro atoms. The Labute approximate surface area is 110 Å². The maximum absolute atomic E-state index is 11.9. The zero-order valence-corrected chi connectivity index (χ0v) is 10.3. The first-order chi connectivity index (χ1) is 9.25. The Bertz CT molecular complexity index is 710. The number of rotatable bonds is 1. The number of aryl methyl sites for hydroxylation is 2. The van der Waals surface area contributed by atoms with E-state index < -0.39 is 0 Å². The molecular formula is C15H12N2O2. The highest BCUT2D eigenvalue weighted by molar-refractivity contribution is 6.23. The largest absolute Gasteiger partial charge is 0.329 e. The van der Waals surface area contributed by atoms with Crippen LogP contribution in [0.5, 0.6) is 0 Å². The van der Waals surface area contributed by atoms with E-state index in [1.165, 1.54) is 21.4 Å². The topological polar surface area (TPSA) is 49.4 Å². The molecule has 4 heteroatoms. The minimum atomic E-state index is -0.330. The number of benzene rings is 2. The number of hydrogen-bond acceptors (Lipinski definition) is 2. The van der Waals surface area contributed by atoms with Gasteiger partial charge in [0.1, 0.15) is 0 Å². The second kappa shape index (κ2) is 3.57. The lowest BCUT2D eigenvalue weighted by Gasteiger charge is -2.16. The van der Waals surface area contributed by atoms with Crippen LogP contribution in [-0.4, -0.2) is 18.5 Å². The molecular weight excluding hydrogens is 240 g/mol. The highest BCUT2D eigenvalue weighted by Gasteiger charge is 2.31. The van der Waals surface area contributed by atoms with Crippen LogP contribution in [0.2, 0.25) is 0 Å². The fourth-order valence-corrected chi connectivity index (χ4v) is 3.09. The van der Waals surface area contributed by atoms with Gasteiger partial charge >= 0.3 is 6.03 Å². The van der Waals surface area contributed by atoms with Crippen LogP contribution in [-0.2, 0) is 17.6 Å². The molecule has 0 unspecified atom stereocenters. The van der Waals surface area contributed by atoms with Crippen LogP contribution >= 0.6 is 0 Å². The summed E-state index contributed by atoms with van der Waals surface area (Å²) in [6.07, 6.45) is 2.08. The van der Waals surface area contributed by atoms with Crippen LogP contribution in [0.25, 0.3) is 10.8 Å².